The van der Waals surface area contributed by atoms with Crippen molar-refractivity contribution in [3.05, 3.63) is 65.2 Å². The fourth-order valence-electron chi connectivity index (χ4n) is 2.65. The van der Waals surface area contributed by atoms with Crippen molar-refractivity contribution in [2.45, 2.75) is 19.1 Å². The third kappa shape index (κ3) is 3.47. The van der Waals surface area contributed by atoms with Crippen molar-refractivity contribution in [2.24, 2.45) is 0 Å². The number of carbonyl (C=O) groups is 2. The third-order valence-corrected chi connectivity index (χ3v) is 3.96. The van der Waals surface area contributed by atoms with Crippen LogP contribution < -0.4 is 10.8 Å². The molecule has 0 aromatic heterocycles. The molecule has 1 amide bonds. The minimum Gasteiger partial charge on any atom is -0.480 e. The van der Waals surface area contributed by atoms with Gasteiger partial charge in [-0.2, -0.15) is 0 Å². The van der Waals surface area contributed by atoms with Gasteiger partial charge in [-0.1, -0.05) is 36.4 Å². The smallest absolute Gasteiger partial charge is 0.480 e. The van der Waals surface area contributed by atoms with Crippen molar-refractivity contribution in [3.63, 3.8) is 0 Å². The molecule has 0 bridgehead atoms. The topological polar surface area (TPSA) is 95.9 Å². The van der Waals surface area contributed by atoms with Gasteiger partial charge in [0.05, 0.1) is 6.61 Å². The van der Waals surface area contributed by atoms with E-state index in [2.05, 4.69) is 5.32 Å². The van der Waals surface area contributed by atoms with Crippen LogP contribution in [0.15, 0.2) is 48.5 Å². The SMILES string of the molecule is O=C(N[C@@H](Cc1ccccc1)C(=O)O)c1ccc2c(c1)B(O)OC2. The number of nitrogens with one attached hydrogen (secondary N) is 1. The second-order valence-corrected chi connectivity index (χ2v) is 5.63. The van der Waals surface area contributed by atoms with Gasteiger partial charge in [-0.05, 0) is 28.7 Å². The fraction of sp³-hybridized carbons (Fsp3) is 0.176. The predicted molar refractivity (Wildman–Crippen MR) is 87.9 cm³/mol. The van der Waals surface area contributed by atoms with Crippen LogP contribution in [-0.4, -0.2) is 35.2 Å². The van der Waals surface area contributed by atoms with Gasteiger partial charge in [0.2, 0.25) is 0 Å². The number of carbonyl (C=O) groups excluding carboxylic acids is 1. The van der Waals surface area contributed by atoms with Crippen LogP contribution >= 0.6 is 0 Å². The summed E-state index contributed by atoms with van der Waals surface area (Å²) in [6.45, 7) is 0.296. The van der Waals surface area contributed by atoms with E-state index in [0.29, 0.717) is 12.1 Å². The summed E-state index contributed by atoms with van der Waals surface area (Å²) in [6, 6.07) is 12.9. The number of rotatable bonds is 5. The first-order valence-electron chi connectivity index (χ1n) is 7.54. The number of hydrogen-bond donors (Lipinski definition) is 3. The molecule has 1 aliphatic heterocycles. The van der Waals surface area contributed by atoms with E-state index in [9.17, 15) is 19.7 Å². The van der Waals surface area contributed by atoms with Crippen LogP contribution in [0.25, 0.3) is 0 Å². The summed E-state index contributed by atoms with van der Waals surface area (Å²) in [7, 11) is -1.05. The summed E-state index contributed by atoms with van der Waals surface area (Å²) < 4.78 is 5.09. The van der Waals surface area contributed by atoms with E-state index in [1.54, 1.807) is 12.1 Å². The summed E-state index contributed by atoms with van der Waals surface area (Å²) in [6.07, 6.45) is 0.193. The molecule has 0 aliphatic carbocycles. The molecule has 6 nitrogen and oxygen atoms in total. The van der Waals surface area contributed by atoms with Crippen molar-refractivity contribution in [1.82, 2.24) is 5.32 Å². The highest BCUT2D eigenvalue weighted by molar-refractivity contribution is 6.61. The summed E-state index contributed by atoms with van der Waals surface area (Å²) in [5, 5.41) is 21.6. The van der Waals surface area contributed by atoms with E-state index < -0.39 is 25.0 Å². The van der Waals surface area contributed by atoms with E-state index in [4.69, 9.17) is 4.65 Å². The molecule has 24 heavy (non-hydrogen) atoms. The van der Waals surface area contributed by atoms with E-state index in [1.807, 2.05) is 30.3 Å². The molecule has 2 aromatic carbocycles. The van der Waals surface area contributed by atoms with Gasteiger partial charge in [0.1, 0.15) is 6.04 Å². The van der Waals surface area contributed by atoms with Gasteiger partial charge < -0.3 is 20.1 Å². The van der Waals surface area contributed by atoms with Crippen molar-refractivity contribution >= 4 is 24.5 Å². The first-order valence-corrected chi connectivity index (χ1v) is 7.54. The van der Waals surface area contributed by atoms with Crippen LogP contribution in [-0.2, 0) is 22.5 Å². The minimum absolute atomic E-state index is 0.193. The van der Waals surface area contributed by atoms with Gasteiger partial charge in [-0.25, -0.2) is 4.79 Å². The van der Waals surface area contributed by atoms with Crippen LogP contribution in [0.2, 0.25) is 0 Å². The fourth-order valence-corrected chi connectivity index (χ4v) is 2.65. The molecule has 0 fully saturated rings. The molecular weight excluding hydrogens is 309 g/mol. The maximum atomic E-state index is 12.4. The molecule has 2 aromatic rings. The van der Waals surface area contributed by atoms with E-state index in [1.165, 1.54) is 6.07 Å². The molecule has 0 saturated carbocycles. The summed E-state index contributed by atoms with van der Waals surface area (Å²) in [4.78, 5) is 23.8. The first-order chi connectivity index (χ1) is 11.5. The lowest BCUT2D eigenvalue weighted by Crippen LogP contribution is -2.42. The van der Waals surface area contributed by atoms with Crippen molar-refractivity contribution in [3.8, 4) is 0 Å². The van der Waals surface area contributed by atoms with Gasteiger partial charge >= 0.3 is 13.1 Å². The maximum absolute atomic E-state index is 12.4. The molecule has 7 heteroatoms. The molecule has 3 N–H and O–H groups in total. The number of aliphatic carboxylic acids is 1. The van der Waals surface area contributed by atoms with Gasteiger partial charge in [0, 0.05) is 12.0 Å². The Morgan fingerprint density at radius 1 is 1.21 bits per heavy atom. The number of carboxylic acids is 1. The second kappa shape index (κ2) is 6.86. The zero-order valence-corrected chi connectivity index (χ0v) is 12.8. The Balaban J connectivity index is 1.74. The number of fused-ring (bicyclic) bond motifs is 1. The Kier molecular flexibility index (Phi) is 4.64. The Hall–Kier alpha value is -2.64. The lowest BCUT2D eigenvalue weighted by Gasteiger charge is -2.15. The molecule has 0 spiro atoms. The van der Waals surface area contributed by atoms with Crippen molar-refractivity contribution in [1.29, 1.82) is 0 Å². The molecule has 3 rings (SSSR count). The Bertz CT molecular complexity index is 765. The highest BCUT2D eigenvalue weighted by atomic mass is 16.5. The number of amides is 1. The van der Waals surface area contributed by atoms with Crippen LogP contribution in [0.4, 0.5) is 0 Å². The Morgan fingerprint density at radius 2 is 1.96 bits per heavy atom. The number of carboxylic acid groups (broad SMARTS) is 1. The summed E-state index contributed by atoms with van der Waals surface area (Å²) in [5.41, 5.74) is 2.47. The first kappa shape index (κ1) is 16.2. The van der Waals surface area contributed by atoms with Gasteiger partial charge in [0.25, 0.3) is 5.91 Å². The zero-order chi connectivity index (χ0) is 17.1. The van der Waals surface area contributed by atoms with Crippen LogP contribution in [0, 0.1) is 0 Å². The molecule has 122 valence electrons. The van der Waals surface area contributed by atoms with Crippen molar-refractivity contribution < 1.29 is 24.4 Å². The van der Waals surface area contributed by atoms with Gasteiger partial charge in [0.15, 0.2) is 0 Å². The molecule has 1 heterocycles. The molecular formula is C17H16BNO5. The van der Waals surface area contributed by atoms with Gasteiger partial charge in [-0.15, -0.1) is 0 Å². The van der Waals surface area contributed by atoms with Crippen LogP contribution in [0.1, 0.15) is 21.5 Å². The standard InChI is InChI=1S/C17H16BNO5/c20-16(12-6-7-13-10-24-18(23)14(13)9-12)19-15(17(21)22)8-11-4-2-1-3-5-11/h1-7,9,15,23H,8,10H2,(H,19,20)(H,21,22)/t15-/m0/s1. The number of benzene rings is 2. The minimum atomic E-state index is -1.10. The van der Waals surface area contributed by atoms with E-state index in [0.717, 1.165) is 11.1 Å². The molecule has 0 unspecified atom stereocenters. The lowest BCUT2D eigenvalue weighted by atomic mass is 9.78. The highest BCUT2D eigenvalue weighted by Crippen LogP contribution is 2.12. The Morgan fingerprint density at radius 3 is 2.67 bits per heavy atom. The lowest BCUT2D eigenvalue weighted by molar-refractivity contribution is -0.139. The maximum Gasteiger partial charge on any atom is 0.491 e. The molecule has 0 radical (unpaired) electrons. The zero-order valence-electron chi connectivity index (χ0n) is 12.8. The molecule has 0 saturated heterocycles. The number of hydrogen-bond acceptors (Lipinski definition) is 4. The highest BCUT2D eigenvalue weighted by Gasteiger charge is 2.28. The Labute approximate surface area is 139 Å². The normalized spacial score (nSPS) is 14.1. The van der Waals surface area contributed by atoms with E-state index >= 15 is 0 Å². The monoisotopic (exact) mass is 325 g/mol. The van der Waals surface area contributed by atoms with Crippen LogP contribution in [0.3, 0.4) is 0 Å². The third-order valence-electron chi connectivity index (χ3n) is 3.96. The van der Waals surface area contributed by atoms with Crippen molar-refractivity contribution in [2.75, 3.05) is 0 Å². The van der Waals surface area contributed by atoms with Gasteiger partial charge in [-0.3, -0.25) is 4.79 Å². The molecule has 1 aliphatic rings. The molecule has 1 atom stereocenters. The average molecular weight is 325 g/mol. The summed E-state index contributed by atoms with van der Waals surface area (Å²) in [5.74, 6) is -1.60. The van der Waals surface area contributed by atoms with E-state index in [-0.39, 0.29) is 12.0 Å². The quantitative estimate of drug-likeness (QED) is 0.689. The van der Waals surface area contributed by atoms with Crippen LogP contribution in [0.5, 0.6) is 0 Å². The largest absolute Gasteiger partial charge is 0.491 e. The predicted octanol–water partition coefficient (Wildman–Crippen LogP) is 0.330. The second-order valence-electron chi connectivity index (χ2n) is 5.63. The summed E-state index contributed by atoms with van der Waals surface area (Å²) >= 11 is 0. The average Bonchev–Trinajstić information content (AvgIpc) is 2.95.